The summed E-state index contributed by atoms with van der Waals surface area (Å²) in [5.74, 6) is -0.278. The van der Waals surface area contributed by atoms with Crippen LogP contribution in [0.15, 0.2) is 48.5 Å². The van der Waals surface area contributed by atoms with Crippen molar-refractivity contribution in [3.8, 4) is 16.9 Å². The maximum Gasteiger partial charge on any atom is 0.320 e. The van der Waals surface area contributed by atoms with Crippen molar-refractivity contribution in [2.24, 2.45) is 0 Å². The summed E-state index contributed by atoms with van der Waals surface area (Å²) in [6.07, 6.45) is 0.0592. The molecule has 6 rings (SSSR count). The Hall–Kier alpha value is -3.98. The molecular weight excluding hydrogens is 502 g/mol. The summed E-state index contributed by atoms with van der Waals surface area (Å²) in [7, 11) is 0. The number of aliphatic hydroxyl groups is 1. The molecule has 3 aromatic carbocycles. The molecule has 9 heteroatoms. The highest BCUT2D eigenvalue weighted by molar-refractivity contribution is 5.83. The van der Waals surface area contributed by atoms with Gasteiger partial charge < -0.3 is 24.6 Å². The Morgan fingerprint density at radius 3 is 2.72 bits per heavy atom. The van der Waals surface area contributed by atoms with E-state index in [1.165, 1.54) is 6.07 Å². The summed E-state index contributed by atoms with van der Waals surface area (Å²) in [6.45, 7) is 5.31. The zero-order chi connectivity index (χ0) is 27.3. The van der Waals surface area contributed by atoms with Crippen LogP contribution in [0.4, 0.5) is 13.6 Å². The van der Waals surface area contributed by atoms with E-state index in [0.717, 1.165) is 57.0 Å². The minimum Gasteiger partial charge on any atom is -0.491 e. The third kappa shape index (κ3) is 4.83. The lowest BCUT2D eigenvalue weighted by atomic mass is 9.93. The van der Waals surface area contributed by atoms with Crippen molar-refractivity contribution in [1.29, 1.82) is 0 Å². The number of urea groups is 1. The number of hydrogen-bond donors (Lipinski definition) is 2. The average Bonchev–Trinajstić information content (AvgIpc) is 3.15. The fraction of sp³-hybridized carbons (Fsp3) is 0.333. The normalized spacial score (nSPS) is 19.5. The van der Waals surface area contributed by atoms with Gasteiger partial charge in [-0.05, 0) is 85.3 Å². The summed E-state index contributed by atoms with van der Waals surface area (Å²) < 4.78 is 33.8. The van der Waals surface area contributed by atoms with Crippen LogP contribution in [0.1, 0.15) is 41.4 Å². The number of amides is 2. The van der Waals surface area contributed by atoms with Crippen LogP contribution in [0.5, 0.6) is 5.75 Å². The third-order valence-electron chi connectivity index (χ3n) is 7.67. The average molecular weight is 533 g/mol. The van der Waals surface area contributed by atoms with E-state index >= 15 is 0 Å². The molecule has 0 bridgehead atoms. The van der Waals surface area contributed by atoms with E-state index in [0.29, 0.717) is 38.2 Å². The second kappa shape index (κ2) is 9.96. The smallest absolute Gasteiger partial charge is 0.320 e. The molecule has 1 fully saturated rings. The fourth-order valence-corrected chi connectivity index (χ4v) is 5.75. The van der Waals surface area contributed by atoms with Gasteiger partial charge in [0, 0.05) is 12.1 Å². The van der Waals surface area contributed by atoms with Gasteiger partial charge in [0.05, 0.1) is 36.3 Å². The number of nitrogens with one attached hydrogen (secondary N) is 1. The Bertz CT molecular complexity index is 1570. The summed E-state index contributed by atoms with van der Waals surface area (Å²) in [6, 6.07) is 13.1. The number of aromatic amines is 1. The van der Waals surface area contributed by atoms with Gasteiger partial charge in [-0.15, -0.1) is 0 Å². The number of likely N-dealkylation sites (tertiary alicyclic amines) is 1. The van der Waals surface area contributed by atoms with E-state index in [-0.39, 0.29) is 12.5 Å². The van der Waals surface area contributed by atoms with Crippen molar-refractivity contribution in [3.63, 3.8) is 0 Å². The van der Waals surface area contributed by atoms with Gasteiger partial charge in [0.15, 0.2) is 11.6 Å². The Morgan fingerprint density at radius 2 is 1.90 bits per heavy atom. The second-order valence-corrected chi connectivity index (χ2v) is 10.4. The number of nitrogens with zero attached hydrogens (tertiary/aromatic N) is 3. The molecule has 0 aliphatic carbocycles. The first kappa shape index (κ1) is 25.3. The van der Waals surface area contributed by atoms with Crippen LogP contribution in [0.25, 0.3) is 22.2 Å². The van der Waals surface area contributed by atoms with Crippen molar-refractivity contribution >= 4 is 17.1 Å². The van der Waals surface area contributed by atoms with Gasteiger partial charge in [0.25, 0.3) is 0 Å². The Morgan fingerprint density at radius 1 is 1.05 bits per heavy atom. The molecular formula is C30H30F2N4O3. The third-order valence-corrected chi connectivity index (χ3v) is 7.67. The number of rotatable bonds is 2. The van der Waals surface area contributed by atoms with Crippen molar-refractivity contribution in [3.05, 3.63) is 82.7 Å². The number of aryl methyl sites for hydroxylation is 2. The van der Waals surface area contributed by atoms with Crippen LogP contribution in [0.3, 0.4) is 0 Å². The molecule has 0 unspecified atom stereocenters. The number of aliphatic hydroxyl groups excluding tert-OH is 1. The topological polar surface area (TPSA) is 81.7 Å². The number of H-pyrrole nitrogens is 1. The SMILES string of the molecule is Cc1nc2ccc(-c3cc(C)c4c(c3)CN(C(=O)N3CC[C@H](O)C[C@@H]3c3ccc(F)c(F)c3)CCO4)cc2[nH]1. The quantitative estimate of drug-likeness (QED) is 0.350. The molecule has 0 spiro atoms. The van der Waals surface area contributed by atoms with E-state index in [2.05, 4.69) is 28.2 Å². The number of carbonyl (C=O) groups is 1. The predicted molar refractivity (Wildman–Crippen MR) is 143 cm³/mol. The zero-order valence-electron chi connectivity index (χ0n) is 21.9. The number of benzene rings is 3. The predicted octanol–water partition coefficient (Wildman–Crippen LogP) is 5.64. The van der Waals surface area contributed by atoms with Gasteiger partial charge in [-0.25, -0.2) is 18.6 Å². The first-order valence-corrected chi connectivity index (χ1v) is 13.2. The summed E-state index contributed by atoms with van der Waals surface area (Å²) >= 11 is 0. The van der Waals surface area contributed by atoms with Crippen molar-refractivity contribution in [1.82, 2.24) is 19.8 Å². The van der Waals surface area contributed by atoms with Crippen molar-refractivity contribution < 1.29 is 23.4 Å². The van der Waals surface area contributed by atoms with Crippen LogP contribution < -0.4 is 4.74 Å². The minimum absolute atomic E-state index is 0.217. The lowest BCUT2D eigenvalue weighted by molar-refractivity contribution is 0.0455. The molecule has 1 saturated heterocycles. The van der Waals surface area contributed by atoms with Crippen LogP contribution in [0, 0.1) is 25.5 Å². The van der Waals surface area contributed by atoms with E-state index in [1.807, 2.05) is 26.0 Å². The van der Waals surface area contributed by atoms with E-state index in [9.17, 15) is 18.7 Å². The molecule has 202 valence electrons. The zero-order valence-corrected chi connectivity index (χ0v) is 21.9. The molecule has 2 aliphatic heterocycles. The van der Waals surface area contributed by atoms with Crippen LogP contribution in [-0.2, 0) is 6.54 Å². The Kier molecular flexibility index (Phi) is 6.46. The minimum atomic E-state index is -0.969. The van der Waals surface area contributed by atoms with Gasteiger partial charge >= 0.3 is 6.03 Å². The lowest BCUT2D eigenvalue weighted by Gasteiger charge is -2.40. The molecule has 7 nitrogen and oxygen atoms in total. The number of ether oxygens (including phenoxy) is 1. The molecule has 3 heterocycles. The van der Waals surface area contributed by atoms with E-state index in [1.54, 1.807) is 9.80 Å². The molecule has 0 saturated carbocycles. The molecule has 2 N–H and O–H groups in total. The monoisotopic (exact) mass is 532 g/mol. The van der Waals surface area contributed by atoms with Gasteiger partial charge in [-0.1, -0.05) is 12.1 Å². The van der Waals surface area contributed by atoms with Gasteiger partial charge in [0.2, 0.25) is 0 Å². The number of halogens is 2. The lowest BCUT2D eigenvalue weighted by Crippen LogP contribution is -2.49. The Labute approximate surface area is 225 Å². The molecule has 2 atom stereocenters. The van der Waals surface area contributed by atoms with Crippen LogP contribution in [0.2, 0.25) is 0 Å². The largest absolute Gasteiger partial charge is 0.491 e. The van der Waals surface area contributed by atoms with Crippen molar-refractivity contribution in [2.45, 2.75) is 45.4 Å². The standard InChI is InChI=1S/C30H30F2N4O3/c1-17-11-21(19-4-6-26-27(14-19)34-18(2)33-26)12-22-16-35(9-10-39-29(17)22)30(38)36-8-7-23(37)15-28(36)20-3-5-24(31)25(32)13-20/h3-6,11-14,23,28,37H,7-10,15-16H2,1-2H3,(H,33,34)/t23-,28+/m0/s1. The number of aromatic nitrogens is 2. The van der Waals surface area contributed by atoms with Gasteiger partial charge in [-0.2, -0.15) is 0 Å². The summed E-state index contributed by atoms with van der Waals surface area (Å²) in [4.78, 5) is 25.1. The Balaban J connectivity index is 1.30. The first-order chi connectivity index (χ1) is 18.8. The number of carbonyl (C=O) groups excluding carboxylic acids is 1. The number of imidazole rings is 1. The molecule has 2 aliphatic rings. The highest BCUT2D eigenvalue weighted by atomic mass is 19.2. The summed E-state index contributed by atoms with van der Waals surface area (Å²) in [5.41, 5.74) is 6.26. The van der Waals surface area contributed by atoms with Gasteiger partial charge in [0.1, 0.15) is 18.2 Å². The number of piperidine rings is 1. The van der Waals surface area contributed by atoms with E-state index in [4.69, 9.17) is 4.74 Å². The molecule has 4 aromatic rings. The molecule has 2 amide bonds. The van der Waals surface area contributed by atoms with Gasteiger partial charge in [-0.3, -0.25) is 0 Å². The fourth-order valence-electron chi connectivity index (χ4n) is 5.75. The molecule has 0 radical (unpaired) electrons. The number of fused-ring (bicyclic) bond motifs is 2. The maximum atomic E-state index is 14.1. The van der Waals surface area contributed by atoms with E-state index < -0.39 is 23.8 Å². The van der Waals surface area contributed by atoms with Crippen LogP contribution >= 0.6 is 0 Å². The maximum absolute atomic E-state index is 14.1. The number of hydrogen-bond acceptors (Lipinski definition) is 4. The molecule has 39 heavy (non-hydrogen) atoms. The van der Waals surface area contributed by atoms with Crippen molar-refractivity contribution in [2.75, 3.05) is 19.7 Å². The summed E-state index contributed by atoms with van der Waals surface area (Å²) in [5, 5.41) is 10.3. The van der Waals surface area contributed by atoms with Crippen LogP contribution in [-0.4, -0.2) is 56.7 Å². The first-order valence-electron chi connectivity index (χ1n) is 13.2. The highest BCUT2D eigenvalue weighted by Crippen LogP contribution is 2.36. The molecule has 1 aromatic heterocycles. The highest BCUT2D eigenvalue weighted by Gasteiger charge is 2.35. The second-order valence-electron chi connectivity index (χ2n) is 10.4.